The van der Waals surface area contributed by atoms with Crippen LogP contribution in [0.2, 0.25) is 5.02 Å². The Morgan fingerprint density at radius 2 is 1.44 bits per heavy atom. The summed E-state index contributed by atoms with van der Waals surface area (Å²) >= 11 is 6.48. The number of pyridine rings is 1. The van der Waals surface area contributed by atoms with Crippen LogP contribution >= 0.6 is 11.6 Å². The molecule has 3 aromatic rings. The van der Waals surface area contributed by atoms with E-state index >= 15 is 0 Å². The third-order valence-corrected chi connectivity index (χ3v) is 7.74. The average Bonchev–Trinajstić information content (AvgIpc) is 3.02. The van der Waals surface area contributed by atoms with E-state index in [1.807, 2.05) is 54.3 Å². The molecule has 6 nitrogen and oxygen atoms in total. The van der Waals surface area contributed by atoms with E-state index < -0.39 is 12.0 Å². The normalized spacial score (nSPS) is 10.9. The zero-order valence-corrected chi connectivity index (χ0v) is 26.7. The molecule has 0 atom stereocenters. The summed E-state index contributed by atoms with van der Waals surface area (Å²) in [6.45, 7) is 2.96. The molecule has 1 aromatic heterocycles. The van der Waals surface area contributed by atoms with Crippen molar-refractivity contribution in [3.8, 4) is 5.75 Å². The minimum atomic E-state index is -0.719. The first-order valence-corrected chi connectivity index (χ1v) is 16.2. The number of amides is 2. The number of ether oxygens (including phenoxy) is 2. The maximum absolute atomic E-state index is 13.2. The molecule has 0 saturated heterocycles. The van der Waals surface area contributed by atoms with E-state index in [2.05, 4.69) is 6.92 Å². The maximum Gasteiger partial charge on any atom is 0.417 e. The lowest BCUT2D eigenvalue weighted by molar-refractivity contribution is -0.672. The second-order valence-corrected chi connectivity index (χ2v) is 11.6. The molecule has 0 aliphatic carbocycles. The van der Waals surface area contributed by atoms with Crippen LogP contribution in [0.3, 0.4) is 0 Å². The lowest BCUT2D eigenvalue weighted by Crippen LogP contribution is -2.37. The Kier molecular flexibility index (Phi) is 15.7. The number of carbonyl (C=O) groups excluding carboxylic acids is 2. The van der Waals surface area contributed by atoms with Gasteiger partial charge in [-0.3, -0.25) is 4.79 Å². The van der Waals surface area contributed by atoms with Gasteiger partial charge in [0, 0.05) is 17.2 Å². The molecule has 1 heterocycles. The van der Waals surface area contributed by atoms with E-state index in [1.54, 1.807) is 30.3 Å². The van der Waals surface area contributed by atoms with Crippen LogP contribution < -0.4 is 9.30 Å². The van der Waals surface area contributed by atoms with Crippen molar-refractivity contribution < 1.29 is 23.6 Å². The van der Waals surface area contributed by atoms with Gasteiger partial charge in [-0.1, -0.05) is 113 Å². The Balaban J connectivity index is 1.41. The van der Waals surface area contributed by atoms with Gasteiger partial charge in [0.2, 0.25) is 0 Å². The third kappa shape index (κ3) is 12.8. The molecule has 0 fully saturated rings. The first kappa shape index (κ1) is 34.1. The number of halogens is 1. The van der Waals surface area contributed by atoms with Gasteiger partial charge in [-0.2, -0.15) is 0 Å². The van der Waals surface area contributed by atoms with Crippen LogP contribution in [0, 0.1) is 0 Å². The van der Waals surface area contributed by atoms with Gasteiger partial charge in [0.25, 0.3) is 5.91 Å². The van der Waals surface area contributed by atoms with Gasteiger partial charge < -0.3 is 9.47 Å². The lowest BCUT2D eigenvalue weighted by atomic mass is 10.1. The van der Waals surface area contributed by atoms with Crippen LogP contribution in [0.5, 0.6) is 5.75 Å². The van der Waals surface area contributed by atoms with Crippen molar-refractivity contribution in [3.05, 3.63) is 94.8 Å². The van der Waals surface area contributed by atoms with Crippen molar-refractivity contribution in [1.29, 1.82) is 0 Å². The summed E-state index contributed by atoms with van der Waals surface area (Å²) in [4.78, 5) is 27.5. The van der Waals surface area contributed by atoms with E-state index in [9.17, 15) is 9.59 Å². The van der Waals surface area contributed by atoms with Crippen LogP contribution in [0.1, 0.15) is 105 Å². The Morgan fingerprint density at radius 1 is 0.791 bits per heavy atom. The van der Waals surface area contributed by atoms with E-state index in [4.69, 9.17) is 21.1 Å². The molecule has 0 aliphatic rings. The van der Waals surface area contributed by atoms with Gasteiger partial charge in [0.05, 0.1) is 18.2 Å². The molecule has 2 aromatic carbocycles. The smallest absolute Gasteiger partial charge is 0.417 e. The van der Waals surface area contributed by atoms with E-state index in [0.717, 1.165) is 23.3 Å². The monoisotopic (exact) mass is 607 g/mol. The summed E-state index contributed by atoms with van der Waals surface area (Å²) in [5.41, 5.74) is 1.94. The van der Waals surface area contributed by atoms with Crippen molar-refractivity contribution in [3.63, 3.8) is 0 Å². The zero-order chi connectivity index (χ0) is 30.7. The van der Waals surface area contributed by atoms with Gasteiger partial charge in [-0.15, -0.1) is 0 Å². The molecule has 2 amide bonds. The summed E-state index contributed by atoms with van der Waals surface area (Å²) in [6, 6.07) is 17.8. The van der Waals surface area contributed by atoms with Crippen LogP contribution in [0.25, 0.3) is 0 Å². The first-order chi connectivity index (χ1) is 21.0. The average molecular weight is 608 g/mol. The number of aryl methyl sites for hydroxylation is 1. The topological polar surface area (TPSA) is 59.7 Å². The highest BCUT2D eigenvalue weighted by Crippen LogP contribution is 2.26. The summed E-state index contributed by atoms with van der Waals surface area (Å²) in [5, 5.41) is 0.474. The number of rotatable bonds is 19. The van der Waals surface area contributed by atoms with Gasteiger partial charge in [0.15, 0.2) is 12.4 Å². The lowest BCUT2D eigenvalue weighted by Gasteiger charge is -2.20. The number of nitrogens with zero attached hydrogens (tertiary/aromatic N) is 2. The Morgan fingerprint density at radius 3 is 2.07 bits per heavy atom. The number of unbranched alkanes of at least 4 members (excludes halogenated alkanes) is 11. The minimum Gasteiger partial charge on any atom is -0.492 e. The molecule has 232 valence electrons. The molecule has 7 heteroatoms. The summed E-state index contributed by atoms with van der Waals surface area (Å²) in [5.74, 6) is 0.203. The van der Waals surface area contributed by atoms with Crippen molar-refractivity contribution in [2.24, 2.45) is 7.05 Å². The molecule has 0 radical (unpaired) electrons. The van der Waals surface area contributed by atoms with Gasteiger partial charge in [-0.05, 0) is 42.3 Å². The number of imide groups is 1. The molecule has 43 heavy (non-hydrogen) atoms. The summed E-state index contributed by atoms with van der Waals surface area (Å²) in [6.07, 6.45) is 18.6. The number of carbonyl (C=O) groups is 2. The van der Waals surface area contributed by atoms with Gasteiger partial charge in [-0.25, -0.2) is 14.3 Å². The quantitative estimate of drug-likeness (QED) is 0.101. The predicted molar refractivity (Wildman–Crippen MR) is 172 cm³/mol. The van der Waals surface area contributed by atoms with Crippen molar-refractivity contribution in [2.45, 2.75) is 97.1 Å². The fourth-order valence-electron chi connectivity index (χ4n) is 4.98. The van der Waals surface area contributed by atoms with Gasteiger partial charge >= 0.3 is 6.09 Å². The highest BCUT2D eigenvalue weighted by Gasteiger charge is 2.25. The number of hydrogen-bond donors (Lipinski definition) is 0. The molecule has 0 spiro atoms. The summed E-state index contributed by atoms with van der Waals surface area (Å²) < 4.78 is 13.4. The second kappa shape index (κ2) is 19.7. The Labute approximate surface area is 263 Å². The Hall–Kier alpha value is -3.38. The fraction of sp³-hybridized carbons (Fsp3) is 0.472. The van der Waals surface area contributed by atoms with Crippen molar-refractivity contribution in [1.82, 2.24) is 4.90 Å². The minimum absolute atomic E-state index is 0.0152. The fourth-order valence-corrected chi connectivity index (χ4v) is 5.24. The molecule has 0 unspecified atom stereocenters. The van der Waals surface area contributed by atoms with Crippen LogP contribution in [-0.2, 0) is 24.9 Å². The van der Waals surface area contributed by atoms with E-state index in [-0.39, 0.29) is 13.2 Å². The van der Waals surface area contributed by atoms with Gasteiger partial charge in [0.1, 0.15) is 19.4 Å². The van der Waals surface area contributed by atoms with Crippen molar-refractivity contribution in [2.75, 3.05) is 6.61 Å². The zero-order valence-electron chi connectivity index (χ0n) is 25.9. The Bertz CT molecular complexity index is 1250. The van der Waals surface area contributed by atoms with E-state index in [1.165, 1.54) is 64.2 Å². The number of aromatic nitrogens is 1. The van der Waals surface area contributed by atoms with Crippen LogP contribution in [-0.4, -0.2) is 23.5 Å². The SMILES string of the molecule is CCCCCCCCCCCCCCOc1ccc(COC(=O)N(Cc2ccc[n+](C)c2)C(=O)c2ccccc2)cc1Cl. The second-order valence-electron chi connectivity index (χ2n) is 11.2. The van der Waals surface area contributed by atoms with Crippen molar-refractivity contribution >= 4 is 23.6 Å². The largest absolute Gasteiger partial charge is 0.492 e. The molecule has 0 saturated carbocycles. The van der Waals surface area contributed by atoms with Crippen LogP contribution in [0.15, 0.2) is 73.1 Å². The number of hydrogen-bond acceptors (Lipinski definition) is 4. The molecule has 0 bridgehead atoms. The summed E-state index contributed by atoms with van der Waals surface area (Å²) in [7, 11) is 1.89. The molecular weight excluding hydrogens is 560 g/mol. The molecule has 3 rings (SSSR count). The number of benzene rings is 2. The standard InChI is InChI=1S/C36H48ClN2O4/c1-3-4-5-6-7-8-9-10-11-12-13-17-25-42-34-23-22-30(26-33(34)37)29-43-36(41)39(28-31-19-18-24-38(2)27-31)35(40)32-20-15-14-16-21-32/h14-16,18-24,26-27H,3-13,17,25,28-29H2,1-2H3/q+1. The highest BCUT2D eigenvalue weighted by molar-refractivity contribution is 6.32. The molecular formula is C36H48ClN2O4+. The molecule has 0 N–H and O–H groups in total. The first-order valence-electron chi connectivity index (χ1n) is 15.9. The highest BCUT2D eigenvalue weighted by atomic mass is 35.5. The van der Waals surface area contributed by atoms with Crippen LogP contribution in [0.4, 0.5) is 4.79 Å². The predicted octanol–water partition coefficient (Wildman–Crippen LogP) is 9.22. The third-order valence-electron chi connectivity index (χ3n) is 7.44. The maximum atomic E-state index is 13.2. The molecule has 0 aliphatic heterocycles. The van der Waals surface area contributed by atoms with E-state index in [0.29, 0.717) is 28.5 Å².